The molecule has 5 heteroatoms. The fraction of sp³-hybridized carbons (Fsp3) is 0.353. The summed E-state index contributed by atoms with van der Waals surface area (Å²) in [6.45, 7) is 1.35. The molecule has 1 aliphatic heterocycles. The van der Waals surface area contributed by atoms with Crippen molar-refractivity contribution in [1.29, 1.82) is 0 Å². The van der Waals surface area contributed by atoms with Crippen molar-refractivity contribution in [3.05, 3.63) is 53.5 Å². The number of nitrogens with one attached hydrogen (secondary N) is 1. The molecular formula is C17H20N2O3. The van der Waals surface area contributed by atoms with Crippen LogP contribution < -0.4 is 10.2 Å². The smallest absolute Gasteiger partial charge is 0.231 e. The molecule has 1 aliphatic rings. The van der Waals surface area contributed by atoms with Crippen molar-refractivity contribution in [3.63, 3.8) is 0 Å². The van der Waals surface area contributed by atoms with E-state index >= 15 is 0 Å². The monoisotopic (exact) mass is 300 g/mol. The molecule has 3 rings (SSSR count). The first-order chi connectivity index (χ1) is 10.6. The van der Waals surface area contributed by atoms with Gasteiger partial charge in [0, 0.05) is 12.7 Å². The molecule has 1 unspecified atom stereocenters. The van der Waals surface area contributed by atoms with E-state index in [4.69, 9.17) is 4.42 Å². The fourth-order valence-electron chi connectivity index (χ4n) is 2.73. The van der Waals surface area contributed by atoms with E-state index in [-0.39, 0.29) is 5.91 Å². The molecule has 2 heterocycles. The lowest BCUT2D eigenvalue weighted by atomic mass is 10.0. The molecule has 22 heavy (non-hydrogen) atoms. The Hall–Kier alpha value is -2.11. The number of carbonyl (C=O) groups excluding carboxylic acids is 1. The summed E-state index contributed by atoms with van der Waals surface area (Å²) in [7, 11) is 1.78. The molecule has 1 aromatic heterocycles. The van der Waals surface area contributed by atoms with Gasteiger partial charge in [-0.25, -0.2) is 0 Å². The summed E-state index contributed by atoms with van der Waals surface area (Å²) >= 11 is 0. The van der Waals surface area contributed by atoms with Gasteiger partial charge in [0.1, 0.15) is 5.76 Å². The van der Waals surface area contributed by atoms with Crippen LogP contribution in [-0.2, 0) is 17.8 Å². The van der Waals surface area contributed by atoms with Crippen molar-refractivity contribution in [2.24, 2.45) is 0 Å². The number of furan rings is 1. The molecule has 0 aliphatic carbocycles. The summed E-state index contributed by atoms with van der Waals surface area (Å²) in [6, 6.07) is 9.51. The van der Waals surface area contributed by atoms with Gasteiger partial charge < -0.3 is 19.7 Å². The largest absolute Gasteiger partial charge is 0.468 e. The van der Waals surface area contributed by atoms with Crippen molar-refractivity contribution < 1.29 is 14.3 Å². The lowest BCUT2D eigenvalue weighted by molar-refractivity contribution is -0.117. The predicted molar refractivity (Wildman–Crippen MR) is 83.5 cm³/mol. The van der Waals surface area contributed by atoms with Crippen LogP contribution in [0.2, 0.25) is 0 Å². The first-order valence-corrected chi connectivity index (χ1v) is 7.45. The van der Waals surface area contributed by atoms with Gasteiger partial charge in [-0.3, -0.25) is 4.79 Å². The number of anilines is 1. The van der Waals surface area contributed by atoms with Crippen molar-refractivity contribution in [3.8, 4) is 0 Å². The zero-order valence-electron chi connectivity index (χ0n) is 12.6. The number of aliphatic hydroxyl groups is 1. The number of rotatable bonds is 6. The Morgan fingerprint density at radius 2 is 2.27 bits per heavy atom. The van der Waals surface area contributed by atoms with Gasteiger partial charge in [-0.2, -0.15) is 0 Å². The Kier molecular flexibility index (Phi) is 4.27. The maximum Gasteiger partial charge on any atom is 0.231 e. The van der Waals surface area contributed by atoms with Crippen LogP contribution in [0.1, 0.15) is 29.4 Å². The number of fused-ring (bicyclic) bond motifs is 1. The third kappa shape index (κ3) is 3.05. The Balaban J connectivity index is 1.53. The van der Waals surface area contributed by atoms with Crippen LogP contribution in [0, 0.1) is 0 Å². The number of carbonyl (C=O) groups is 1. The number of nitrogens with zero attached hydrogens (tertiary/aromatic N) is 1. The number of amides is 1. The molecule has 0 saturated carbocycles. The number of aliphatic hydroxyl groups excluding tert-OH is 1. The number of hydrogen-bond acceptors (Lipinski definition) is 4. The average Bonchev–Trinajstić information content (AvgIpc) is 3.12. The van der Waals surface area contributed by atoms with E-state index in [0.717, 1.165) is 22.6 Å². The second-order valence-electron chi connectivity index (χ2n) is 5.58. The van der Waals surface area contributed by atoms with Crippen LogP contribution >= 0.6 is 0 Å². The van der Waals surface area contributed by atoms with Crippen LogP contribution in [0.25, 0.3) is 0 Å². The van der Waals surface area contributed by atoms with E-state index in [1.807, 2.05) is 30.3 Å². The van der Waals surface area contributed by atoms with Gasteiger partial charge in [-0.1, -0.05) is 12.1 Å². The quantitative estimate of drug-likeness (QED) is 0.801. The third-order valence-corrected chi connectivity index (χ3v) is 4.04. The summed E-state index contributed by atoms with van der Waals surface area (Å²) < 4.78 is 5.23. The van der Waals surface area contributed by atoms with Gasteiger partial charge >= 0.3 is 0 Å². The maximum absolute atomic E-state index is 11.7. The molecule has 2 aromatic rings. The highest BCUT2D eigenvalue weighted by atomic mass is 16.3. The second-order valence-corrected chi connectivity index (χ2v) is 5.58. The molecule has 1 atom stereocenters. The second kappa shape index (κ2) is 6.34. The molecule has 0 radical (unpaired) electrons. The highest BCUT2D eigenvalue weighted by molar-refractivity contribution is 6.00. The minimum absolute atomic E-state index is 0.0988. The normalized spacial score (nSPS) is 15.2. The molecule has 0 saturated heterocycles. The van der Waals surface area contributed by atoms with Crippen LogP contribution in [0.5, 0.6) is 0 Å². The summed E-state index contributed by atoms with van der Waals surface area (Å²) in [6.07, 6.45) is 2.15. The van der Waals surface area contributed by atoms with Crippen LogP contribution in [0.4, 0.5) is 5.69 Å². The number of benzene rings is 1. The Labute approximate surface area is 129 Å². The van der Waals surface area contributed by atoms with Gasteiger partial charge in [-0.15, -0.1) is 0 Å². The van der Waals surface area contributed by atoms with Crippen LogP contribution in [-0.4, -0.2) is 24.6 Å². The maximum atomic E-state index is 11.7. The van der Waals surface area contributed by atoms with Crippen molar-refractivity contribution >= 4 is 11.6 Å². The highest BCUT2D eigenvalue weighted by Crippen LogP contribution is 2.30. The number of hydrogen-bond donors (Lipinski definition) is 2. The molecule has 1 aromatic carbocycles. The van der Waals surface area contributed by atoms with Gasteiger partial charge in [0.25, 0.3) is 0 Å². The summed E-state index contributed by atoms with van der Waals surface area (Å²) in [4.78, 5) is 13.3. The minimum atomic E-state index is -0.532. The Morgan fingerprint density at radius 3 is 3.05 bits per heavy atom. The molecule has 5 nitrogen and oxygen atoms in total. The van der Waals surface area contributed by atoms with Crippen LogP contribution in [0.15, 0.2) is 41.0 Å². The van der Waals surface area contributed by atoms with Gasteiger partial charge in [0.2, 0.25) is 5.91 Å². The summed E-state index contributed by atoms with van der Waals surface area (Å²) in [5.41, 5.74) is 2.80. The zero-order chi connectivity index (χ0) is 15.5. The zero-order valence-corrected chi connectivity index (χ0v) is 12.6. The molecule has 0 spiro atoms. The van der Waals surface area contributed by atoms with Gasteiger partial charge in [0.05, 0.1) is 25.3 Å². The SMILES string of the molecule is CN1C(=O)Cc2cc(C(O)CCNCc3ccco3)ccc21. The molecule has 0 fully saturated rings. The first-order valence-electron chi connectivity index (χ1n) is 7.45. The van der Waals surface area contributed by atoms with Gasteiger partial charge in [0.15, 0.2) is 0 Å². The Morgan fingerprint density at radius 1 is 1.41 bits per heavy atom. The van der Waals surface area contributed by atoms with E-state index in [1.165, 1.54) is 0 Å². The number of likely N-dealkylation sites (N-methyl/N-ethyl adjacent to an activating group) is 1. The molecule has 1 amide bonds. The van der Waals surface area contributed by atoms with E-state index in [0.29, 0.717) is 25.9 Å². The lowest BCUT2D eigenvalue weighted by Crippen LogP contribution is -2.20. The standard InChI is InChI=1S/C17H20N2O3/c1-19-15-5-4-12(9-13(15)10-17(19)21)16(20)6-7-18-11-14-3-2-8-22-14/h2-5,8-9,16,18,20H,6-7,10-11H2,1H3. The fourth-order valence-corrected chi connectivity index (χ4v) is 2.73. The van der Waals surface area contributed by atoms with Crippen molar-refractivity contribution in [1.82, 2.24) is 5.32 Å². The van der Waals surface area contributed by atoms with Crippen molar-refractivity contribution in [2.45, 2.75) is 25.5 Å². The van der Waals surface area contributed by atoms with E-state index in [9.17, 15) is 9.90 Å². The molecule has 116 valence electrons. The third-order valence-electron chi connectivity index (χ3n) is 4.04. The topological polar surface area (TPSA) is 65.7 Å². The predicted octanol–water partition coefficient (Wildman–Crippen LogP) is 2.01. The van der Waals surface area contributed by atoms with Crippen LogP contribution in [0.3, 0.4) is 0 Å². The highest BCUT2D eigenvalue weighted by Gasteiger charge is 2.24. The molecule has 0 bridgehead atoms. The summed E-state index contributed by atoms with van der Waals surface area (Å²) in [5, 5.41) is 13.5. The molecule has 2 N–H and O–H groups in total. The van der Waals surface area contributed by atoms with E-state index in [1.54, 1.807) is 18.2 Å². The van der Waals surface area contributed by atoms with E-state index in [2.05, 4.69) is 5.32 Å². The first kappa shape index (κ1) is 14.8. The van der Waals surface area contributed by atoms with Gasteiger partial charge in [-0.05, 0) is 42.3 Å². The average molecular weight is 300 g/mol. The van der Waals surface area contributed by atoms with E-state index < -0.39 is 6.10 Å². The van der Waals surface area contributed by atoms with Crippen molar-refractivity contribution in [2.75, 3.05) is 18.5 Å². The summed E-state index contributed by atoms with van der Waals surface area (Å²) in [5.74, 6) is 0.982. The molecular weight excluding hydrogens is 280 g/mol. The minimum Gasteiger partial charge on any atom is -0.468 e. The Bertz CT molecular complexity index is 652. The lowest BCUT2D eigenvalue weighted by Gasteiger charge is -2.14.